The van der Waals surface area contributed by atoms with Crippen LogP contribution in [0.3, 0.4) is 0 Å². The topological polar surface area (TPSA) is 85.7 Å². The van der Waals surface area contributed by atoms with Gasteiger partial charge in [0.05, 0.1) is 35.9 Å². The van der Waals surface area contributed by atoms with Crippen molar-refractivity contribution >= 4 is 41.3 Å². The zero-order valence-corrected chi connectivity index (χ0v) is 20.7. The minimum absolute atomic E-state index is 0.119. The van der Waals surface area contributed by atoms with Crippen LogP contribution in [0, 0.1) is 0 Å². The fraction of sp³-hybridized carbons (Fsp3) is 0.269. The normalized spacial score (nSPS) is 15.9. The first-order valence-electron chi connectivity index (χ1n) is 11.8. The van der Waals surface area contributed by atoms with E-state index in [4.69, 9.17) is 21.2 Å². The monoisotopic (exact) mass is 546 g/mol. The molecule has 1 saturated heterocycles. The van der Waals surface area contributed by atoms with Crippen LogP contribution in [0.4, 0.5) is 18.9 Å². The summed E-state index contributed by atoms with van der Waals surface area (Å²) in [4.78, 5) is 35.3. The van der Waals surface area contributed by atoms with Gasteiger partial charge in [-0.1, -0.05) is 17.7 Å². The molecular formula is C26H22ClF3N4O4. The molecular weight excluding hydrogens is 525 g/mol. The van der Waals surface area contributed by atoms with Crippen molar-refractivity contribution in [3.63, 3.8) is 0 Å². The van der Waals surface area contributed by atoms with Gasteiger partial charge in [-0.3, -0.25) is 9.78 Å². The second kappa shape index (κ2) is 10.5. The van der Waals surface area contributed by atoms with Crippen LogP contribution < -0.4 is 15.1 Å². The first-order valence-corrected chi connectivity index (χ1v) is 12.2. The Labute approximate surface area is 220 Å². The highest BCUT2D eigenvalue weighted by atomic mass is 35.5. The van der Waals surface area contributed by atoms with Gasteiger partial charge in [0.1, 0.15) is 0 Å². The van der Waals surface area contributed by atoms with Gasteiger partial charge in [0, 0.05) is 54.1 Å². The number of hydrogen-bond acceptors (Lipinski definition) is 6. The molecule has 1 fully saturated rings. The number of fused-ring (bicyclic) bond motifs is 1. The van der Waals surface area contributed by atoms with Crippen LogP contribution in [-0.2, 0) is 16.0 Å². The summed E-state index contributed by atoms with van der Waals surface area (Å²) < 4.78 is 45.2. The van der Waals surface area contributed by atoms with E-state index in [1.807, 2.05) is 18.2 Å². The summed E-state index contributed by atoms with van der Waals surface area (Å²) in [5.41, 5.74) is 3.06. The van der Waals surface area contributed by atoms with Gasteiger partial charge < -0.3 is 19.8 Å². The van der Waals surface area contributed by atoms with Crippen molar-refractivity contribution in [3.05, 3.63) is 70.1 Å². The highest BCUT2D eigenvalue weighted by molar-refractivity contribution is 6.32. The molecule has 3 aromatic rings. The van der Waals surface area contributed by atoms with Crippen LogP contribution in [0.5, 0.6) is 0 Å². The summed E-state index contributed by atoms with van der Waals surface area (Å²) in [6.07, 6.45) is 0.0225. The van der Waals surface area contributed by atoms with E-state index in [1.165, 1.54) is 12.3 Å². The number of pyridine rings is 1. The van der Waals surface area contributed by atoms with Gasteiger partial charge in [0.15, 0.2) is 0 Å². The van der Waals surface area contributed by atoms with Gasteiger partial charge >= 0.3 is 12.1 Å². The van der Waals surface area contributed by atoms with Gasteiger partial charge in [-0.05, 0) is 42.5 Å². The highest BCUT2D eigenvalue weighted by Crippen LogP contribution is 2.32. The summed E-state index contributed by atoms with van der Waals surface area (Å²) in [6, 6.07) is 10.2. The highest BCUT2D eigenvalue weighted by Gasteiger charge is 2.43. The van der Waals surface area contributed by atoms with Crippen molar-refractivity contribution in [2.45, 2.75) is 12.6 Å². The number of morpholine rings is 1. The number of rotatable bonds is 5. The van der Waals surface area contributed by atoms with Gasteiger partial charge in [-0.2, -0.15) is 17.9 Å². The van der Waals surface area contributed by atoms with Crippen LogP contribution in [0.1, 0.15) is 27.3 Å². The second-order valence-corrected chi connectivity index (χ2v) is 9.05. The fourth-order valence-electron chi connectivity index (χ4n) is 4.43. The maximum Gasteiger partial charge on any atom is 0.493 e. The van der Waals surface area contributed by atoms with E-state index in [-0.39, 0.29) is 29.9 Å². The summed E-state index contributed by atoms with van der Waals surface area (Å²) in [5.74, 6) is -2.84. The average molecular weight is 547 g/mol. The molecule has 0 aliphatic carbocycles. The summed E-state index contributed by atoms with van der Waals surface area (Å²) in [6.45, 7) is 2.87. The molecule has 0 spiro atoms. The number of carbonyl (C=O) groups excluding carboxylic acids is 2. The number of carbonyl (C=O) groups is 2. The zero-order chi connectivity index (χ0) is 26.9. The number of nitrogens with zero attached hydrogens (tertiary/aromatic N) is 3. The molecule has 198 valence electrons. The van der Waals surface area contributed by atoms with Crippen molar-refractivity contribution in [3.8, 4) is 11.3 Å². The number of alkyl halides is 3. The average Bonchev–Trinajstić information content (AvgIpc) is 3.27. The number of amides is 1. The standard InChI is InChI=1S/C26H22ClF3N4O4/c27-20-2-1-3-21(33-10-12-37-13-11-33)18(20)5-4-17-14-16(6-8-31-17)23-15-19-22(7-9-32-24(19)35)34(23)38-25(36)26(28,29)30/h1-6,8,14-15H,7,9-13H2,(H,32,35). The number of hydrogen-bond donors (Lipinski definition) is 1. The van der Waals surface area contributed by atoms with Gasteiger partial charge in [0.25, 0.3) is 5.91 Å². The van der Waals surface area contributed by atoms with E-state index >= 15 is 0 Å². The lowest BCUT2D eigenvalue weighted by Gasteiger charge is -2.30. The third-order valence-electron chi connectivity index (χ3n) is 6.23. The Morgan fingerprint density at radius 3 is 2.71 bits per heavy atom. The zero-order valence-electron chi connectivity index (χ0n) is 19.9. The molecule has 2 aliphatic rings. The van der Waals surface area contributed by atoms with Crippen LogP contribution in [0.15, 0.2) is 42.6 Å². The number of halogens is 4. The van der Waals surface area contributed by atoms with Crippen molar-refractivity contribution in [2.24, 2.45) is 0 Å². The van der Waals surface area contributed by atoms with Crippen LogP contribution in [0.25, 0.3) is 23.4 Å². The summed E-state index contributed by atoms with van der Waals surface area (Å²) in [5, 5.41) is 3.19. The maximum atomic E-state index is 13.0. The minimum atomic E-state index is -5.20. The lowest BCUT2D eigenvalue weighted by Crippen LogP contribution is -2.37. The lowest BCUT2D eigenvalue weighted by molar-refractivity contribution is -0.199. The van der Waals surface area contributed by atoms with Crippen LogP contribution in [-0.4, -0.2) is 60.6 Å². The Kier molecular flexibility index (Phi) is 7.13. The molecule has 38 heavy (non-hydrogen) atoms. The predicted molar refractivity (Wildman–Crippen MR) is 135 cm³/mol. The third-order valence-corrected chi connectivity index (χ3v) is 6.56. The molecule has 1 N–H and O–H groups in total. The van der Waals surface area contributed by atoms with Crippen LogP contribution in [0.2, 0.25) is 5.02 Å². The molecule has 4 heterocycles. The SMILES string of the molecule is O=C1NCCc2c1cc(-c1ccnc(C=Cc3c(Cl)cccc3N3CCOCC3)c1)n2OC(=O)C(F)(F)F. The Morgan fingerprint density at radius 1 is 1.16 bits per heavy atom. The van der Waals surface area contributed by atoms with E-state index in [1.54, 1.807) is 24.3 Å². The van der Waals surface area contributed by atoms with Crippen molar-refractivity contribution in [2.75, 3.05) is 37.7 Å². The Bertz CT molecular complexity index is 1410. The fourth-order valence-corrected chi connectivity index (χ4v) is 4.67. The van der Waals surface area contributed by atoms with Gasteiger partial charge in [0.2, 0.25) is 0 Å². The Hall–Kier alpha value is -3.83. The smallest absolute Gasteiger partial charge is 0.378 e. The van der Waals surface area contributed by atoms with Gasteiger partial charge in [-0.25, -0.2) is 4.79 Å². The molecule has 2 aliphatic heterocycles. The van der Waals surface area contributed by atoms with E-state index < -0.39 is 18.1 Å². The predicted octanol–water partition coefficient (Wildman–Crippen LogP) is 4.01. The Balaban J connectivity index is 1.51. The van der Waals surface area contributed by atoms with E-state index in [2.05, 4.69) is 15.2 Å². The molecule has 2 aromatic heterocycles. The van der Waals surface area contributed by atoms with E-state index in [0.717, 1.165) is 29.1 Å². The van der Waals surface area contributed by atoms with Crippen molar-refractivity contribution in [1.82, 2.24) is 15.0 Å². The quantitative estimate of drug-likeness (QED) is 0.520. The molecule has 0 saturated carbocycles. The third kappa shape index (κ3) is 5.25. The number of aromatic nitrogens is 2. The van der Waals surface area contributed by atoms with Gasteiger partial charge in [-0.15, -0.1) is 0 Å². The molecule has 1 amide bonds. The second-order valence-electron chi connectivity index (χ2n) is 8.64. The van der Waals surface area contributed by atoms with Crippen molar-refractivity contribution in [1.29, 1.82) is 0 Å². The number of benzene rings is 1. The molecule has 1 aromatic carbocycles. The summed E-state index contributed by atoms with van der Waals surface area (Å²) in [7, 11) is 0. The maximum absolute atomic E-state index is 13.0. The molecule has 5 rings (SSSR count). The molecule has 12 heteroatoms. The molecule has 8 nitrogen and oxygen atoms in total. The first kappa shape index (κ1) is 25.8. The largest absolute Gasteiger partial charge is 0.493 e. The number of anilines is 1. The van der Waals surface area contributed by atoms with Crippen LogP contribution >= 0.6 is 11.6 Å². The first-order chi connectivity index (χ1) is 18.2. The number of ether oxygens (including phenoxy) is 1. The van der Waals surface area contributed by atoms with E-state index in [0.29, 0.717) is 29.5 Å². The Morgan fingerprint density at radius 2 is 1.95 bits per heavy atom. The molecule has 0 unspecified atom stereocenters. The molecule has 0 bridgehead atoms. The number of nitrogens with one attached hydrogen (secondary N) is 1. The van der Waals surface area contributed by atoms with E-state index in [9.17, 15) is 22.8 Å². The lowest BCUT2D eigenvalue weighted by atomic mass is 10.1. The summed E-state index contributed by atoms with van der Waals surface area (Å²) >= 11 is 6.51. The minimum Gasteiger partial charge on any atom is -0.378 e. The molecule has 0 radical (unpaired) electrons. The van der Waals surface area contributed by atoms with Crippen molar-refractivity contribution < 1.29 is 32.3 Å². The molecule has 0 atom stereocenters.